The summed E-state index contributed by atoms with van der Waals surface area (Å²) in [5.74, 6) is 1.95. The lowest BCUT2D eigenvalue weighted by atomic mass is 9.70. The molecule has 0 spiro atoms. The molecule has 160 valence electrons. The number of Topliss-reactive ketones (excluding diaryl/α,β-unsaturated/α-hetero) is 1. The number of rotatable bonds is 7. The molecule has 1 N–H and O–H groups in total. The van der Waals surface area contributed by atoms with Crippen molar-refractivity contribution in [3.8, 4) is 0 Å². The summed E-state index contributed by atoms with van der Waals surface area (Å²) in [6, 6.07) is 18.6. The minimum absolute atomic E-state index is 0.0955. The number of hydrogen-bond donors (Lipinski definition) is 1. The summed E-state index contributed by atoms with van der Waals surface area (Å²) in [5, 5.41) is 11.1. The minimum Gasteiger partial charge on any atom is -0.388 e. The predicted octanol–water partition coefficient (Wildman–Crippen LogP) is 6.53. The Balaban J connectivity index is 1.52. The highest BCUT2D eigenvalue weighted by Gasteiger charge is 2.65. The van der Waals surface area contributed by atoms with Crippen molar-refractivity contribution in [3.05, 3.63) is 71.3 Å². The molecule has 3 heteroatoms. The number of aliphatic hydroxyl groups excluding tert-OH is 1. The number of hydrogen-bond acceptors (Lipinski definition) is 3. The van der Waals surface area contributed by atoms with Crippen LogP contribution in [0.25, 0.3) is 0 Å². The average molecular weight is 423 g/mol. The van der Waals surface area contributed by atoms with E-state index >= 15 is 0 Å². The van der Waals surface area contributed by atoms with E-state index in [1.807, 2.05) is 42.1 Å². The quantitative estimate of drug-likeness (QED) is 0.551. The molecule has 0 heterocycles. The van der Waals surface area contributed by atoms with Crippen molar-refractivity contribution in [3.63, 3.8) is 0 Å². The van der Waals surface area contributed by atoms with Crippen LogP contribution >= 0.6 is 11.8 Å². The van der Waals surface area contributed by atoms with E-state index in [0.29, 0.717) is 18.1 Å². The third-order valence-electron chi connectivity index (χ3n) is 8.22. The highest BCUT2D eigenvalue weighted by Crippen LogP contribution is 2.66. The minimum atomic E-state index is -0.505. The number of aliphatic hydroxyl groups is 1. The Morgan fingerprint density at radius 3 is 2.30 bits per heavy atom. The van der Waals surface area contributed by atoms with E-state index in [4.69, 9.17) is 0 Å². The summed E-state index contributed by atoms with van der Waals surface area (Å²) in [5.41, 5.74) is 3.37. The summed E-state index contributed by atoms with van der Waals surface area (Å²) >= 11 is 1.86. The van der Waals surface area contributed by atoms with Crippen molar-refractivity contribution in [2.45, 2.75) is 58.3 Å². The Morgan fingerprint density at radius 1 is 1.03 bits per heavy atom. The van der Waals surface area contributed by atoms with Crippen molar-refractivity contribution in [2.75, 3.05) is 5.75 Å². The van der Waals surface area contributed by atoms with Gasteiger partial charge in [-0.05, 0) is 48.6 Å². The Kier molecular flexibility index (Phi) is 5.89. The second-order valence-corrected chi connectivity index (χ2v) is 11.3. The number of fused-ring (bicyclic) bond motifs is 2. The molecule has 2 saturated carbocycles. The van der Waals surface area contributed by atoms with Crippen LogP contribution in [-0.4, -0.2) is 16.6 Å². The van der Waals surface area contributed by atoms with Gasteiger partial charge in [-0.15, -0.1) is 0 Å². The predicted molar refractivity (Wildman–Crippen MR) is 126 cm³/mol. The van der Waals surface area contributed by atoms with Crippen LogP contribution in [0.3, 0.4) is 0 Å². The van der Waals surface area contributed by atoms with Gasteiger partial charge in [0.05, 0.1) is 6.10 Å². The normalized spacial score (nSPS) is 29.2. The van der Waals surface area contributed by atoms with Gasteiger partial charge in [0.1, 0.15) is 5.78 Å². The van der Waals surface area contributed by atoms with Crippen LogP contribution in [0.15, 0.2) is 54.6 Å². The molecule has 30 heavy (non-hydrogen) atoms. The molecule has 2 aliphatic carbocycles. The molecule has 4 rings (SSSR count). The molecule has 3 unspecified atom stereocenters. The van der Waals surface area contributed by atoms with Crippen LogP contribution in [0.4, 0.5) is 0 Å². The summed E-state index contributed by atoms with van der Waals surface area (Å²) in [7, 11) is 0. The van der Waals surface area contributed by atoms with Gasteiger partial charge < -0.3 is 5.11 Å². The number of thioether (sulfide) groups is 1. The van der Waals surface area contributed by atoms with Crippen molar-refractivity contribution in [1.82, 2.24) is 0 Å². The first-order valence-electron chi connectivity index (χ1n) is 11.2. The number of carbonyl (C=O) groups is 1. The molecule has 2 nitrogen and oxygen atoms in total. The lowest BCUT2D eigenvalue weighted by Crippen LogP contribution is -2.33. The van der Waals surface area contributed by atoms with E-state index in [2.05, 4.69) is 52.0 Å². The smallest absolute Gasteiger partial charge is 0.143 e. The Hall–Kier alpha value is -1.58. The zero-order valence-corrected chi connectivity index (χ0v) is 19.4. The molecular weight excluding hydrogens is 388 g/mol. The fraction of sp³-hybridized carbons (Fsp3) is 0.519. The van der Waals surface area contributed by atoms with Crippen molar-refractivity contribution < 1.29 is 9.90 Å². The largest absolute Gasteiger partial charge is 0.388 e. The topological polar surface area (TPSA) is 37.3 Å². The zero-order chi connectivity index (χ0) is 21.5. The highest BCUT2D eigenvalue weighted by molar-refractivity contribution is 7.99. The summed E-state index contributed by atoms with van der Waals surface area (Å²) in [6.45, 7) is 8.88. The average Bonchev–Trinajstić information content (AvgIpc) is 3.05. The van der Waals surface area contributed by atoms with Crippen molar-refractivity contribution in [2.24, 2.45) is 22.7 Å². The monoisotopic (exact) mass is 422 g/mol. The van der Waals surface area contributed by atoms with Crippen LogP contribution in [0.1, 0.15) is 68.1 Å². The first-order valence-corrected chi connectivity index (χ1v) is 12.2. The fourth-order valence-corrected chi connectivity index (χ4v) is 7.27. The Morgan fingerprint density at radius 2 is 1.70 bits per heavy atom. The molecule has 0 amide bonds. The zero-order valence-electron chi connectivity index (χ0n) is 18.6. The summed E-state index contributed by atoms with van der Waals surface area (Å²) < 4.78 is 0. The Labute approximate surface area is 185 Å². The van der Waals surface area contributed by atoms with E-state index in [0.717, 1.165) is 17.7 Å². The van der Waals surface area contributed by atoms with Gasteiger partial charge in [0.25, 0.3) is 0 Å². The van der Waals surface area contributed by atoms with Crippen LogP contribution in [0.2, 0.25) is 0 Å². The lowest BCUT2D eigenvalue weighted by Gasteiger charge is -2.32. The van der Waals surface area contributed by atoms with Crippen molar-refractivity contribution >= 4 is 17.5 Å². The van der Waals surface area contributed by atoms with E-state index in [-0.39, 0.29) is 22.0 Å². The molecule has 0 aromatic heterocycles. The third kappa shape index (κ3) is 3.65. The van der Waals surface area contributed by atoms with Crippen LogP contribution in [-0.2, 0) is 4.79 Å². The molecule has 0 saturated heterocycles. The van der Waals surface area contributed by atoms with Gasteiger partial charge in [0.2, 0.25) is 0 Å². The maximum atomic E-state index is 13.3. The SMILES string of the molecule is Cc1ccc([C@H](C[C@H](O)c2ccccc2)SCC2C(=O)C3(C)CCC2C3(C)C)cc1. The van der Waals surface area contributed by atoms with Crippen LogP contribution < -0.4 is 0 Å². The van der Waals surface area contributed by atoms with Crippen LogP contribution in [0, 0.1) is 29.6 Å². The van der Waals surface area contributed by atoms with E-state index < -0.39 is 6.10 Å². The van der Waals surface area contributed by atoms with Crippen molar-refractivity contribution in [1.29, 1.82) is 0 Å². The van der Waals surface area contributed by atoms with Gasteiger partial charge in [-0.25, -0.2) is 0 Å². The summed E-state index contributed by atoms with van der Waals surface area (Å²) in [4.78, 5) is 13.3. The van der Waals surface area contributed by atoms with E-state index in [1.54, 1.807) is 0 Å². The highest BCUT2D eigenvalue weighted by atomic mass is 32.2. The number of aryl methyl sites for hydroxylation is 1. The van der Waals surface area contributed by atoms with E-state index in [9.17, 15) is 9.90 Å². The fourth-order valence-electron chi connectivity index (χ4n) is 5.78. The Bertz CT molecular complexity index is 889. The second-order valence-electron chi connectivity index (χ2n) is 10.1. The molecule has 0 radical (unpaired) electrons. The van der Waals surface area contributed by atoms with Crippen LogP contribution in [0.5, 0.6) is 0 Å². The molecular formula is C27H34O2S. The molecule has 2 aromatic rings. The van der Waals surface area contributed by atoms with Gasteiger partial charge in [0, 0.05) is 22.3 Å². The molecule has 2 fully saturated rings. The molecule has 2 bridgehead atoms. The van der Waals surface area contributed by atoms with Gasteiger partial charge in [-0.1, -0.05) is 80.9 Å². The maximum absolute atomic E-state index is 13.3. The number of ketones is 1. The van der Waals surface area contributed by atoms with Gasteiger partial charge in [-0.2, -0.15) is 11.8 Å². The van der Waals surface area contributed by atoms with Gasteiger partial charge in [0.15, 0.2) is 0 Å². The summed E-state index contributed by atoms with van der Waals surface area (Å²) in [6.07, 6.45) is 2.36. The number of carbonyl (C=O) groups excluding carboxylic acids is 1. The second kappa shape index (κ2) is 8.16. The standard InChI is InChI=1S/C27H34O2S/c1-18-10-12-20(13-11-18)24(16-23(28)19-8-6-5-7-9-19)30-17-21-22-14-15-27(4,25(21)29)26(22,2)3/h5-13,21-24,28H,14-17H2,1-4H3/t21?,22?,23-,24-,27?/m0/s1. The van der Waals surface area contributed by atoms with Gasteiger partial charge in [-0.3, -0.25) is 4.79 Å². The third-order valence-corrected chi connectivity index (χ3v) is 9.64. The lowest BCUT2D eigenvalue weighted by molar-refractivity contribution is -0.131. The first kappa shape index (κ1) is 21.6. The number of benzene rings is 2. The molecule has 5 atom stereocenters. The molecule has 0 aliphatic heterocycles. The first-order chi connectivity index (χ1) is 14.2. The van der Waals surface area contributed by atoms with E-state index in [1.165, 1.54) is 17.5 Å². The van der Waals surface area contributed by atoms with Gasteiger partial charge >= 0.3 is 0 Å². The molecule has 2 aliphatic rings. The maximum Gasteiger partial charge on any atom is 0.143 e. The molecule has 2 aromatic carbocycles.